The molecule has 2 N–H and O–H groups in total. The molecule has 90 valence electrons. The van der Waals surface area contributed by atoms with Gasteiger partial charge in [-0.2, -0.15) is 0 Å². The number of hydrogen-bond donors (Lipinski definition) is 2. The molecule has 0 bridgehead atoms. The van der Waals surface area contributed by atoms with Gasteiger partial charge in [0.1, 0.15) is 0 Å². The summed E-state index contributed by atoms with van der Waals surface area (Å²) < 4.78 is 13.4. The van der Waals surface area contributed by atoms with Gasteiger partial charge < -0.3 is 10.6 Å². The Kier molecular flexibility index (Phi) is 3.01. The zero-order valence-electron chi connectivity index (χ0n) is 8.77. The Morgan fingerprint density at radius 2 is 2.24 bits per heavy atom. The van der Waals surface area contributed by atoms with Crippen LogP contribution in [0.1, 0.15) is 0 Å². The molecule has 0 saturated carbocycles. The van der Waals surface area contributed by atoms with Gasteiger partial charge in [-0.05, 0) is 6.07 Å². The van der Waals surface area contributed by atoms with Crippen molar-refractivity contribution in [2.24, 2.45) is 5.92 Å². The molecule has 0 spiro atoms. The molecule has 1 aliphatic rings. The number of non-ortho nitro benzene ring substituents is 1. The molecule has 1 fully saturated rings. The summed E-state index contributed by atoms with van der Waals surface area (Å²) in [5, 5.41) is 15.7. The number of carbonyl (C=O) groups excluding carboxylic acids is 1. The standard InChI is InChI=1S/C10H10FN3O3/c11-8-3-7(14(16)17)1-2-9(8)13-10(15)6-4-12-5-6/h1-3,6,12H,4-5H2,(H,13,15). The summed E-state index contributed by atoms with van der Waals surface area (Å²) in [7, 11) is 0. The number of benzene rings is 1. The average molecular weight is 239 g/mol. The van der Waals surface area contributed by atoms with Crippen molar-refractivity contribution in [2.75, 3.05) is 18.4 Å². The van der Waals surface area contributed by atoms with Crippen LogP contribution in [0.2, 0.25) is 0 Å². The normalized spacial score (nSPS) is 15.1. The van der Waals surface area contributed by atoms with Crippen LogP contribution in [0.15, 0.2) is 18.2 Å². The minimum absolute atomic E-state index is 0.0347. The lowest BCUT2D eigenvalue weighted by atomic mass is 10.0. The average Bonchev–Trinajstić information content (AvgIpc) is 2.18. The number of carbonyl (C=O) groups is 1. The maximum atomic E-state index is 13.4. The highest BCUT2D eigenvalue weighted by atomic mass is 19.1. The molecular weight excluding hydrogens is 229 g/mol. The van der Waals surface area contributed by atoms with E-state index in [-0.39, 0.29) is 23.2 Å². The zero-order valence-corrected chi connectivity index (χ0v) is 8.77. The molecule has 1 amide bonds. The highest BCUT2D eigenvalue weighted by Gasteiger charge is 2.25. The van der Waals surface area contributed by atoms with Crippen LogP contribution in [0.5, 0.6) is 0 Å². The fraction of sp³-hybridized carbons (Fsp3) is 0.300. The number of nitrogens with zero attached hydrogens (tertiary/aromatic N) is 1. The zero-order chi connectivity index (χ0) is 12.4. The fourth-order valence-electron chi connectivity index (χ4n) is 1.43. The third kappa shape index (κ3) is 2.39. The molecule has 1 aromatic carbocycles. The van der Waals surface area contributed by atoms with Crippen molar-refractivity contribution in [3.63, 3.8) is 0 Å². The Morgan fingerprint density at radius 1 is 1.53 bits per heavy atom. The molecule has 1 aromatic rings. The Hall–Kier alpha value is -2.02. The van der Waals surface area contributed by atoms with Crippen molar-refractivity contribution in [1.29, 1.82) is 0 Å². The van der Waals surface area contributed by atoms with E-state index in [0.29, 0.717) is 13.1 Å². The molecule has 0 aromatic heterocycles. The van der Waals surface area contributed by atoms with E-state index in [9.17, 15) is 19.3 Å². The second-order valence-corrected chi connectivity index (χ2v) is 3.77. The van der Waals surface area contributed by atoms with Crippen molar-refractivity contribution in [2.45, 2.75) is 0 Å². The highest BCUT2D eigenvalue weighted by Crippen LogP contribution is 2.21. The first-order valence-electron chi connectivity index (χ1n) is 5.03. The number of nitro benzene ring substituents is 1. The van der Waals surface area contributed by atoms with Gasteiger partial charge in [0.05, 0.1) is 22.6 Å². The monoisotopic (exact) mass is 239 g/mol. The largest absolute Gasteiger partial charge is 0.323 e. The molecule has 0 unspecified atom stereocenters. The van der Waals surface area contributed by atoms with E-state index in [1.165, 1.54) is 6.07 Å². The number of anilines is 1. The van der Waals surface area contributed by atoms with Crippen molar-refractivity contribution in [1.82, 2.24) is 5.32 Å². The summed E-state index contributed by atoms with van der Waals surface area (Å²) in [6.45, 7) is 1.14. The lowest BCUT2D eigenvalue weighted by Gasteiger charge is -2.25. The molecule has 0 radical (unpaired) electrons. The SMILES string of the molecule is O=C(Nc1ccc([N+](=O)[O-])cc1F)C1CNC1. The van der Waals surface area contributed by atoms with Crippen molar-refractivity contribution in [3.05, 3.63) is 34.1 Å². The quantitative estimate of drug-likeness (QED) is 0.606. The summed E-state index contributed by atoms with van der Waals surface area (Å²) in [6, 6.07) is 3.13. The van der Waals surface area contributed by atoms with Gasteiger partial charge in [-0.15, -0.1) is 0 Å². The maximum absolute atomic E-state index is 13.4. The Morgan fingerprint density at radius 3 is 2.71 bits per heavy atom. The summed E-state index contributed by atoms with van der Waals surface area (Å²) in [5.74, 6) is -1.25. The lowest BCUT2D eigenvalue weighted by molar-refractivity contribution is -0.385. The molecule has 2 rings (SSSR count). The second kappa shape index (κ2) is 4.46. The number of hydrogen-bond acceptors (Lipinski definition) is 4. The van der Waals surface area contributed by atoms with Crippen LogP contribution in [-0.2, 0) is 4.79 Å². The molecule has 17 heavy (non-hydrogen) atoms. The van der Waals surface area contributed by atoms with Gasteiger partial charge in [-0.25, -0.2) is 4.39 Å². The third-order valence-electron chi connectivity index (χ3n) is 2.57. The molecule has 7 heteroatoms. The third-order valence-corrected chi connectivity index (χ3v) is 2.57. The highest BCUT2D eigenvalue weighted by molar-refractivity contribution is 5.93. The molecule has 1 heterocycles. The lowest BCUT2D eigenvalue weighted by Crippen LogP contribution is -2.48. The van der Waals surface area contributed by atoms with Crippen LogP contribution in [-0.4, -0.2) is 23.9 Å². The predicted octanol–water partition coefficient (Wildman–Crippen LogP) is 0.892. The number of rotatable bonds is 3. The van der Waals surface area contributed by atoms with E-state index in [1.54, 1.807) is 0 Å². The minimum Gasteiger partial charge on any atom is -0.323 e. The molecule has 1 saturated heterocycles. The molecular formula is C10H10FN3O3. The smallest absolute Gasteiger partial charge is 0.272 e. The molecule has 0 atom stereocenters. The van der Waals surface area contributed by atoms with Crippen molar-refractivity contribution >= 4 is 17.3 Å². The number of nitro groups is 1. The first kappa shape index (κ1) is 11.5. The van der Waals surface area contributed by atoms with E-state index in [1.807, 2.05) is 0 Å². The summed E-state index contributed by atoms with van der Waals surface area (Å²) in [5.41, 5.74) is -0.377. The van der Waals surface area contributed by atoms with Gasteiger partial charge in [-0.3, -0.25) is 14.9 Å². The van der Waals surface area contributed by atoms with Gasteiger partial charge in [0.2, 0.25) is 5.91 Å². The number of halogens is 1. The van der Waals surface area contributed by atoms with Gasteiger partial charge in [-0.1, -0.05) is 0 Å². The van der Waals surface area contributed by atoms with E-state index in [4.69, 9.17) is 0 Å². The molecule has 6 nitrogen and oxygen atoms in total. The summed E-state index contributed by atoms with van der Waals surface area (Å²) >= 11 is 0. The van der Waals surface area contributed by atoms with Crippen LogP contribution < -0.4 is 10.6 Å². The van der Waals surface area contributed by atoms with Gasteiger partial charge in [0.15, 0.2) is 5.82 Å². The minimum atomic E-state index is -0.806. The Bertz CT molecular complexity index is 474. The van der Waals surface area contributed by atoms with E-state index >= 15 is 0 Å². The first-order chi connectivity index (χ1) is 8.08. The second-order valence-electron chi connectivity index (χ2n) is 3.77. The fourth-order valence-corrected chi connectivity index (χ4v) is 1.43. The maximum Gasteiger partial charge on any atom is 0.272 e. The van der Waals surface area contributed by atoms with Gasteiger partial charge >= 0.3 is 0 Å². The van der Waals surface area contributed by atoms with E-state index in [2.05, 4.69) is 10.6 Å². The molecule has 0 aliphatic carbocycles. The topological polar surface area (TPSA) is 84.3 Å². The van der Waals surface area contributed by atoms with Gasteiger partial charge in [0.25, 0.3) is 5.69 Å². The number of amides is 1. The summed E-state index contributed by atoms with van der Waals surface area (Å²) in [4.78, 5) is 21.2. The predicted molar refractivity (Wildman–Crippen MR) is 58.0 cm³/mol. The Balaban J connectivity index is 2.10. The van der Waals surface area contributed by atoms with Crippen LogP contribution in [0.25, 0.3) is 0 Å². The van der Waals surface area contributed by atoms with Crippen LogP contribution in [0, 0.1) is 21.8 Å². The van der Waals surface area contributed by atoms with Crippen LogP contribution >= 0.6 is 0 Å². The van der Waals surface area contributed by atoms with Gasteiger partial charge in [0, 0.05) is 19.2 Å². The van der Waals surface area contributed by atoms with E-state index in [0.717, 1.165) is 12.1 Å². The summed E-state index contributed by atoms with van der Waals surface area (Å²) in [6.07, 6.45) is 0. The first-order valence-corrected chi connectivity index (χ1v) is 5.03. The van der Waals surface area contributed by atoms with Crippen LogP contribution in [0.4, 0.5) is 15.8 Å². The van der Waals surface area contributed by atoms with Crippen molar-refractivity contribution in [3.8, 4) is 0 Å². The number of nitrogens with one attached hydrogen (secondary N) is 2. The van der Waals surface area contributed by atoms with Crippen molar-refractivity contribution < 1.29 is 14.1 Å². The van der Waals surface area contributed by atoms with E-state index < -0.39 is 10.7 Å². The van der Waals surface area contributed by atoms with Crippen LogP contribution in [0.3, 0.4) is 0 Å². The molecule has 1 aliphatic heterocycles. The Labute approximate surface area is 96.0 Å².